The van der Waals surface area contributed by atoms with Gasteiger partial charge < -0.3 is 19.1 Å². The van der Waals surface area contributed by atoms with Crippen molar-refractivity contribution in [2.45, 2.75) is 51.4 Å². The van der Waals surface area contributed by atoms with E-state index in [0.717, 1.165) is 46.9 Å². The molecular formula is C38H32F2K2N6O5. The molecule has 0 radical (unpaired) electrons. The maximum atomic E-state index is 15.7. The largest absolute Gasteiger partial charge is 1.00 e. The summed E-state index contributed by atoms with van der Waals surface area (Å²) >= 11 is 0. The Morgan fingerprint density at radius 2 is 1.09 bits per heavy atom. The predicted octanol–water partition coefficient (Wildman–Crippen LogP) is 0.0808. The molecule has 0 spiro atoms. The van der Waals surface area contributed by atoms with Gasteiger partial charge in [0, 0.05) is 47.0 Å². The third-order valence-electron chi connectivity index (χ3n) is 9.76. The maximum Gasteiger partial charge on any atom is 1.00 e. The number of fused-ring (bicyclic) bond motifs is 2. The van der Waals surface area contributed by atoms with Gasteiger partial charge in [0.15, 0.2) is 0 Å². The number of aromatic nitrogens is 4. The summed E-state index contributed by atoms with van der Waals surface area (Å²) in [5, 5.41) is 0. The number of carbonyl (C=O) groups excluding carboxylic acids is 2. The summed E-state index contributed by atoms with van der Waals surface area (Å²) in [6.45, 7) is 3.36. The molecule has 0 saturated heterocycles. The smallest absolute Gasteiger partial charge is 1.00 e. The Morgan fingerprint density at radius 3 is 1.42 bits per heavy atom. The molecule has 8 rings (SSSR count). The normalized spacial score (nSPS) is 13.7. The molecule has 2 aliphatic rings. The molecule has 53 heavy (non-hydrogen) atoms. The van der Waals surface area contributed by atoms with E-state index in [2.05, 4.69) is 9.97 Å². The molecule has 0 aliphatic heterocycles. The second kappa shape index (κ2) is 15.3. The number of ether oxygens (including phenoxy) is 1. The molecule has 11 nitrogen and oxygen atoms in total. The van der Waals surface area contributed by atoms with Crippen molar-refractivity contribution < 1.29 is 129 Å². The molecule has 2 saturated carbocycles. The summed E-state index contributed by atoms with van der Waals surface area (Å²) in [5.41, 5.74) is 13.1. The first-order valence-electron chi connectivity index (χ1n) is 16.4. The number of nitrogens with two attached hydrogens (primary N) is 2. The molecular weight excluding hydrogens is 737 g/mol. The van der Waals surface area contributed by atoms with E-state index in [1.165, 1.54) is 24.5 Å². The van der Waals surface area contributed by atoms with Crippen molar-refractivity contribution >= 4 is 34.6 Å². The molecule has 0 amide bonds. The van der Waals surface area contributed by atoms with Crippen molar-refractivity contribution in [2.75, 3.05) is 11.5 Å². The van der Waals surface area contributed by atoms with Crippen LogP contribution in [0.15, 0.2) is 70.8 Å². The number of rotatable bonds is 6. The number of anilines is 2. The van der Waals surface area contributed by atoms with Gasteiger partial charge in [0.25, 0.3) is 11.1 Å². The Labute approximate surface area is 389 Å². The Kier molecular flexibility index (Phi) is 11.5. The molecule has 0 atom stereocenters. The number of nitrogen functional groups attached to an aromatic ring is 2. The van der Waals surface area contributed by atoms with Gasteiger partial charge in [-0.2, -0.15) is 0 Å². The summed E-state index contributed by atoms with van der Waals surface area (Å²) in [5.74, 6) is -3.54. The average Bonchev–Trinajstić information content (AvgIpc) is 4.02. The second-order valence-electron chi connectivity index (χ2n) is 13.2. The van der Waals surface area contributed by atoms with Crippen LogP contribution in [0.2, 0.25) is 0 Å². The van der Waals surface area contributed by atoms with Crippen LogP contribution in [0.3, 0.4) is 0 Å². The maximum absolute atomic E-state index is 15.7. The van der Waals surface area contributed by atoms with Crippen LogP contribution in [-0.4, -0.2) is 30.7 Å². The zero-order chi connectivity index (χ0) is 35.9. The predicted molar refractivity (Wildman–Crippen MR) is 188 cm³/mol. The van der Waals surface area contributed by atoms with Gasteiger partial charge >= 0.3 is 115 Å². The van der Waals surface area contributed by atoms with Crippen LogP contribution in [0.25, 0.3) is 33.3 Å². The van der Waals surface area contributed by atoms with Gasteiger partial charge in [-0.3, -0.25) is 18.4 Å². The fraction of sp³-hybridized carbons (Fsp3) is 0.211. The van der Waals surface area contributed by atoms with Crippen molar-refractivity contribution in [1.82, 2.24) is 18.8 Å². The minimum atomic E-state index is -1.29. The summed E-state index contributed by atoms with van der Waals surface area (Å²) in [4.78, 5) is 62.8. The molecule has 6 aromatic heterocycles. The Morgan fingerprint density at radius 1 is 0.717 bits per heavy atom. The SMILES string of the molecule is Cc1c(-c2ccc(N)nc2)c(F)cn2c(=O)c(C(=O)OC(=O)c3cc(C4CC4)c4c(C)c(-c5ccc(N)nc5)c(F)cn4c3=O)cc(C3CC3)c12.[H-].[H-].[K+].[K+]. The topological polar surface area (TPSA) is 164 Å². The van der Waals surface area contributed by atoms with Crippen molar-refractivity contribution in [3.8, 4) is 22.3 Å². The van der Waals surface area contributed by atoms with Crippen LogP contribution in [0.5, 0.6) is 0 Å². The summed E-state index contributed by atoms with van der Waals surface area (Å²) in [7, 11) is 0. The fourth-order valence-corrected chi connectivity index (χ4v) is 7.02. The minimum Gasteiger partial charge on any atom is -1.00 e. The number of nitrogens with zero attached hydrogens (tertiary/aromatic N) is 4. The number of hydrogen-bond acceptors (Lipinski definition) is 9. The molecule has 0 aromatic carbocycles. The van der Waals surface area contributed by atoms with E-state index in [1.807, 2.05) is 0 Å². The molecule has 0 bridgehead atoms. The second-order valence-corrected chi connectivity index (χ2v) is 13.2. The van der Waals surface area contributed by atoms with Crippen LogP contribution in [0.4, 0.5) is 20.4 Å². The third-order valence-corrected chi connectivity index (χ3v) is 9.76. The molecule has 15 heteroatoms. The summed E-state index contributed by atoms with van der Waals surface area (Å²) in [6, 6.07) is 9.13. The standard InChI is InChI=1S/C38H30F2N6O5.2K.2H/c1-17-31(21-7-9-29(41)43-13-21)27(39)15-45-33(17)23(19-3-4-19)11-25(35(45)47)37(49)51-38(50)26-12-24(20-5-6-20)34-18(2)32(22-8-10-30(42)44-14-22)28(40)16-46(34)36(26)48;;;;/h7-16,19-20H,3-6H2,1-2H3,(H2,41,43)(H2,42,44);;;;/q;2*+1;2*-1. The van der Waals surface area contributed by atoms with Gasteiger partial charge in [0.05, 0.1) is 11.0 Å². The Bertz CT molecular complexity index is 2450. The summed E-state index contributed by atoms with van der Waals surface area (Å²) in [6.07, 6.45) is 8.01. The van der Waals surface area contributed by atoms with Crippen LogP contribution >= 0.6 is 0 Å². The van der Waals surface area contributed by atoms with Crippen LogP contribution in [0.1, 0.15) is 83.3 Å². The fourth-order valence-electron chi connectivity index (χ4n) is 7.02. The molecule has 6 aromatic rings. The molecule has 2 aliphatic carbocycles. The van der Waals surface area contributed by atoms with Gasteiger partial charge in [-0.25, -0.2) is 28.3 Å². The summed E-state index contributed by atoms with van der Waals surface area (Å²) < 4.78 is 38.7. The third kappa shape index (κ3) is 7.17. The van der Waals surface area contributed by atoms with Gasteiger partial charge in [-0.1, -0.05) is 0 Å². The van der Waals surface area contributed by atoms with Gasteiger partial charge in [-0.15, -0.1) is 0 Å². The first kappa shape index (κ1) is 39.7. The van der Waals surface area contributed by atoms with E-state index in [9.17, 15) is 19.2 Å². The monoisotopic (exact) mass is 768 g/mol. The van der Waals surface area contributed by atoms with Crippen LogP contribution in [-0.2, 0) is 4.74 Å². The molecule has 4 N–H and O–H groups in total. The zero-order valence-electron chi connectivity index (χ0n) is 31.5. The van der Waals surface area contributed by atoms with E-state index in [1.54, 1.807) is 38.1 Å². The molecule has 0 unspecified atom stereocenters. The minimum absolute atomic E-state index is 0. The van der Waals surface area contributed by atoms with E-state index in [4.69, 9.17) is 16.2 Å². The number of esters is 2. The van der Waals surface area contributed by atoms with Crippen LogP contribution < -0.4 is 125 Å². The molecule has 2 fully saturated rings. The number of pyridine rings is 6. The van der Waals surface area contributed by atoms with Crippen LogP contribution in [0, 0.1) is 25.5 Å². The van der Waals surface area contributed by atoms with Crippen molar-refractivity contribution in [3.05, 3.63) is 127 Å². The van der Waals surface area contributed by atoms with Gasteiger partial charge in [0.1, 0.15) is 34.4 Å². The van der Waals surface area contributed by atoms with E-state index in [0.29, 0.717) is 44.4 Å². The Hall–Kier alpha value is -2.97. The van der Waals surface area contributed by atoms with Crippen molar-refractivity contribution in [1.29, 1.82) is 0 Å². The van der Waals surface area contributed by atoms with Gasteiger partial charge in [0.2, 0.25) is 0 Å². The van der Waals surface area contributed by atoms with Crippen molar-refractivity contribution in [2.24, 2.45) is 0 Å². The average molecular weight is 769 g/mol. The first-order valence-corrected chi connectivity index (χ1v) is 16.4. The van der Waals surface area contributed by atoms with Gasteiger partial charge in [-0.05, 0) is 110 Å². The zero-order valence-corrected chi connectivity index (χ0v) is 35.7. The van der Waals surface area contributed by atoms with Crippen molar-refractivity contribution in [3.63, 3.8) is 0 Å². The molecule has 260 valence electrons. The quantitative estimate of drug-likeness (QED) is 0.136. The Balaban J connectivity index is 0.00000168. The van der Waals surface area contributed by atoms with E-state index < -0.39 is 45.8 Å². The van der Waals surface area contributed by atoms with E-state index >= 15 is 8.78 Å². The number of carbonyl (C=O) groups is 2. The first-order chi connectivity index (χ1) is 24.4. The number of aryl methyl sites for hydroxylation is 2. The molecule has 6 heterocycles. The van der Waals surface area contributed by atoms with E-state index in [-0.39, 0.29) is 140 Å². The number of halogens is 2. The number of hydrogen-bond donors (Lipinski definition) is 2.